The zero-order valence-electron chi connectivity index (χ0n) is 8.22. The molecule has 0 heterocycles. The fourth-order valence-corrected chi connectivity index (χ4v) is 2.47. The third-order valence-corrected chi connectivity index (χ3v) is 4.34. The third kappa shape index (κ3) is 3.01. The van der Waals surface area contributed by atoms with Crippen molar-refractivity contribution < 1.29 is 13.5 Å². The molecule has 0 spiro atoms. The highest BCUT2D eigenvalue weighted by Crippen LogP contribution is 2.17. The lowest BCUT2D eigenvalue weighted by Gasteiger charge is -2.15. The van der Waals surface area contributed by atoms with Crippen LogP contribution in [0.5, 0.6) is 0 Å². The second-order valence-electron chi connectivity index (χ2n) is 3.00. The molecule has 1 aromatic carbocycles. The molecule has 0 radical (unpaired) electrons. The maximum absolute atomic E-state index is 11.8. The largest absolute Gasteiger partial charge is 0.395 e. The van der Waals surface area contributed by atoms with Crippen LogP contribution in [-0.2, 0) is 10.0 Å². The van der Waals surface area contributed by atoms with Crippen LogP contribution < -0.4 is 0 Å². The van der Waals surface area contributed by atoms with Crippen LogP contribution in [0.4, 0.5) is 0 Å². The Bertz CT molecular complexity index is 415. The van der Waals surface area contributed by atoms with Gasteiger partial charge in [0.2, 0.25) is 10.0 Å². The molecule has 0 amide bonds. The second kappa shape index (κ2) is 5.07. The third-order valence-electron chi connectivity index (χ3n) is 1.94. The van der Waals surface area contributed by atoms with Gasteiger partial charge in [-0.25, -0.2) is 8.42 Å². The summed E-state index contributed by atoms with van der Waals surface area (Å²) in [6.07, 6.45) is 0. The Morgan fingerprint density at radius 1 is 1.33 bits per heavy atom. The summed E-state index contributed by atoms with van der Waals surface area (Å²) in [7, 11) is -2.03. The summed E-state index contributed by atoms with van der Waals surface area (Å²) >= 11 is 3.23. The number of hydrogen-bond donors (Lipinski definition) is 1. The van der Waals surface area contributed by atoms with E-state index in [9.17, 15) is 8.42 Å². The molecular formula is C9H12BrNO3S. The van der Waals surface area contributed by atoms with Gasteiger partial charge < -0.3 is 5.11 Å². The van der Waals surface area contributed by atoms with Crippen LogP contribution in [0.25, 0.3) is 0 Å². The maximum atomic E-state index is 11.8. The van der Waals surface area contributed by atoms with E-state index >= 15 is 0 Å². The Kier molecular flexibility index (Phi) is 4.27. The van der Waals surface area contributed by atoms with E-state index in [2.05, 4.69) is 15.9 Å². The normalized spacial score (nSPS) is 12.0. The summed E-state index contributed by atoms with van der Waals surface area (Å²) in [6, 6.07) is 6.37. The smallest absolute Gasteiger partial charge is 0.242 e. The van der Waals surface area contributed by atoms with Crippen LogP contribution in [0, 0.1) is 0 Å². The number of likely N-dealkylation sites (N-methyl/N-ethyl adjacent to an activating group) is 1. The summed E-state index contributed by atoms with van der Waals surface area (Å²) in [4.78, 5) is 0.224. The van der Waals surface area contributed by atoms with Crippen molar-refractivity contribution in [1.82, 2.24) is 4.31 Å². The molecule has 0 aromatic heterocycles. The van der Waals surface area contributed by atoms with Crippen LogP contribution in [-0.4, -0.2) is 38.0 Å². The molecule has 1 rings (SSSR count). The van der Waals surface area contributed by atoms with Gasteiger partial charge in [0.05, 0.1) is 11.5 Å². The van der Waals surface area contributed by atoms with Gasteiger partial charge in [-0.05, 0) is 24.3 Å². The Balaban J connectivity index is 3.01. The van der Waals surface area contributed by atoms with E-state index in [0.717, 1.165) is 8.78 Å². The van der Waals surface area contributed by atoms with Crippen molar-refractivity contribution in [3.05, 3.63) is 28.7 Å². The highest BCUT2D eigenvalue weighted by molar-refractivity contribution is 9.10. The maximum Gasteiger partial charge on any atom is 0.242 e. The van der Waals surface area contributed by atoms with Crippen LogP contribution in [0.2, 0.25) is 0 Å². The van der Waals surface area contributed by atoms with Crippen molar-refractivity contribution in [2.75, 3.05) is 20.2 Å². The quantitative estimate of drug-likeness (QED) is 0.903. The first-order valence-electron chi connectivity index (χ1n) is 4.31. The molecule has 0 aliphatic heterocycles. The van der Waals surface area contributed by atoms with Gasteiger partial charge in [-0.15, -0.1) is 0 Å². The summed E-state index contributed by atoms with van der Waals surface area (Å²) in [5.74, 6) is 0. The molecule has 1 aromatic rings. The molecule has 0 saturated carbocycles. The molecule has 0 aliphatic carbocycles. The fraction of sp³-hybridized carbons (Fsp3) is 0.333. The molecule has 0 aliphatic rings. The van der Waals surface area contributed by atoms with Gasteiger partial charge in [0, 0.05) is 18.1 Å². The molecule has 6 heteroatoms. The van der Waals surface area contributed by atoms with Gasteiger partial charge in [0.1, 0.15) is 0 Å². The van der Waals surface area contributed by atoms with E-state index in [1.165, 1.54) is 19.2 Å². The minimum atomic E-state index is -3.47. The number of aliphatic hydroxyl groups excluding tert-OH is 1. The number of benzene rings is 1. The highest BCUT2D eigenvalue weighted by atomic mass is 79.9. The van der Waals surface area contributed by atoms with Crippen LogP contribution >= 0.6 is 15.9 Å². The molecular weight excluding hydrogens is 282 g/mol. The van der Waals surface area contributed by atoms with Crippen LogP contribution in [0.15, 0.2) is 33.6 Å². The van der Waals surface area contributed by atoms with Crippen LogP contribution in [0.1, 0.15) is 0 Å². The van der Waals surface area contributed by atoms with E-state index < -0.39 is 10.0 Å². The molecule has 84 valence electrons. The first-order chi connectivity index (χ1) is 6.98. The molecule has 0 atom stereocenters. The van der Waals surface area contributed by atoms with Crippen molar-refractivity contribution in [3.8, 4) is 0 Å². The SMILES string of the molecule is CN(CCO)S(=O)(=O)c1ccc(Br)cc1. The monoisotopic (exact) mass is 293 g/mol. The summed E-state index contributed by atoms with van der Waals surface area (Å²) in [6.45, 7) is -0.0926. The zero-order valence-corrected chi connectivity index (χ0v) is 10.6. The van der Waals surface area contributed by atoms with Crippen LogP contribution in [0.3, 0.4) is 0 Å². The Labute approximate surface area is 97.7 Å². The predicted octanol–water partition coefficient (Wildman–Crippen LogP) is 1.06. The first-order valence-corrected chi connectivity index (χ1v) is 6.54. The standard InChI is InChI=1S/C9H12BrNO3S/c1-11(6-7-12)15(13,14)9-4-2-8(10)3-5-9/h2-5,12H,6-7H2,1H3. The molecule has 0 saturated heterocycles. The highest BCUT2D eigenvalue weighted by Gasteiger charge is 2.19. The lowest BCUT2D eigenvalue weighted by molar-refractivity contribution is 0.266. The van der Waals surface area contributed by atoms with Crippen molar-refractivity contribution in [2.24, 2.45) is 0 Å². The molecule has 0 unspecified atom stereocenters. The second-order valence-corrected chi connectivity index (χ2v) is 5.96. The fourth-order valence-electron chi connectivity index (χ4n) is 1.05. The van der Waals surface area contributed by atoms with Gasteiger partial charge in [-0.2, -0.15) is 4.31 Å². The van der Waals surface area contributed by atoms with E-state index in [0.29, 0.717) is 0 Å². The molecule has 0 fully saturated rings. The zero-order chi connectivity index (χ0) is 11.5. The van der Waals surface area contributed by atoms with Crippen molar-refractivity contribution in [2.45, 2.75) is 4.90 Å². The number of sulfonamides is 1. The topological polar surface area (TPSA) is 57.6 Å². The number of aliphatic hydroxyl groups is 1. The van der Waals surface area contributed by atoms with Gasteiger partial charge in [-0.1, -0.05) is 15.9 Å². The van der Waals surface area contributed by atoms with E-state index in [4.69, 9.17) is 5.11 Å². The van der Waals surface area contributed by atoms with Crippen molar-refractivity contribution in [3.63, 3.8) is 0 Å². The number of halogens is 1. The average Bonchev–Trinajstić information content (AvgIpc) is 2.18. The minimum absolute atomic E-state index is 0.0956. The summed E-state index contributed by atoms with van der Waals surface area (Å²) in [5.41, 5.74) is 0. The summed E-state index contributed by atoms with van der Waals surface area (Å²) < 4.78 is 25.6. The van der Waals surface area contributed by atoms with E-state index in [1.807, 2.05) is 0 Å². The summed E-state index contributed by atoms with van der Waals surface area (Å²) in [5, 5.41) is 8.68. The molecule has 0 bridgehead atoms. The Hall–Kier alpha value is -0.430. The molecule has 1 N–H and O–H groups in total. The molecule has 4 nitrogen and oxygen atoms in total. The number of rotatable bonds is 4. The van der Waals surface area contributed by atoms with Gasteiger partial charge >= 0.3 is 0 Å². The van der Waals surface area contributed by atoms with Gasteiger partial charge in [-0.3, -0.25) is 0 Å². The Morgan fingerprint density at radius 2 is 1.87 bits per heavy atom. The lowest BCUT2D eigenvalue weighted by atomic mass is 10.4. The van der Waals surface area contributed by atoms with E-state index in [1.54, 1.807) is 12.1 Å². The lowest BCUT2D eigenvalue weighted by Crippen LogP contribution is -2.29. The average molecular weight is 294 g/mol. The Morgan fingerprint density at radius 3 is 2.33 bits per heavy atom. The van der Waals surface area contributed by atoms with Gasteiger partial charge in [0.15, 0.2) is 0 Å². The number of nitrogens with zero attached hydrogens (tertiary/aromatic N) is 1. The predicted molar refractivity (Wildman–Crippen MR) is 61.0 cm³/mol. The minimum Gasteiger partial charge on any atom is -0.395 e. The first kappa shape index (κ1) is 12.6. The van der Waals surface area contributed by atoms with E-state index in [-0.39, 0.29) is 18.0 Å². The van der Waals surface area contributed by atoms with Crippen molar-refractivity contribution >= 4 is 26.0 Å². The van der Waals surface area contributed by atoms with Crippen molar-refractivity contribution in [1.29, 1.82) is 0 Å². The number of hydrogen-bond acceptors (Lipinski definition) is 3. The molecule has 15 heavy (non-hydrogen) atoms. The van der Waals surface area contributed by atoms with Gasteiger partial charge in [0.25, 0.3) is 0 Å².